The highest BCUT2D eigenvalue weighted by molar-refractivity contribution is 5.88. The van der Waals surface area contributed by atoms with Gasteiger partial charge < -0.3 is 20.5 Å². The van der Waals surface area contributed by atoms with Gasteiger partial charge in [-0.15, -0.1) is 0 Å². The van der Waals surface area contributed by atoms with Crippen LogP contribution in [0, 0.1) is 5.92 Å². The number of primary amides is 1. The van der Waals surface area contributed by atoms with Crippen LogP contribution in [0.1, 0.15) is 27.2 Å². The SMILES string of the molecule is CCOC(=O)[C@H](C)C[C@@H](NC(=O)COC(C)=O)C(N)=O. The van der Waals surface area contributed by atoms with Gasteiger partial charge in [0, 0.05) is 6.92 Å². The third-order valence-electron chi connectivity index (χ3n) is 2.36. The second kappa shape index (κ2) is 8.89. The van der Waals surface area contributed by atoms with Gasteiger partial charge in [-0.05, 0) is 13.3 Å². The van der Waals surface area contributed by atoms with Crippen LogP contribution in [0.4, 0.5) is 0 Å². The van der Waals surface area contributed by atoms with Crippen LogP contribution in [-0.2, 0) is 28.7 Å². The number of amides is 2. The first kappa shape index (κ1) is 17.9. The Morgan fingerprint density at radius 2 is 1.80 bits per heavy atom. The van der Waals surface area contributed by atoms with Gasteiger partial charge in [0.2, 0.25) is 5.91 Å². The summed E-state index contributed by atoms with van der Waals surface area (Å²) in [7, 11) is 0. The molecule has 2 atom stereocenters. The summed E-state index contributed by atoms with van der Waals surface area (Å²) >= 11 is 0. The van der Waals surface area contributed by atoms with Crippen molar-refractivity contribution in [2.75, 3.05) is 13.2 Å². The van der Waals surface area contributed by atoms with Crippen LogP contribution in [0.2, 0.25) is 0 Å². The summed E-state index contributed by atoms with van der Waals surface area (Å²) in [5.74, 6) is -3.14. The Labute approximate surface area is 117 Å². The quantitative estimate of drug-likeness (QED) is 0.558. The second-order valence-corrected chi connectivity index (χ2v) is 4.19. The van der Waals surface area contributed by atoms with E-state index in [1.807, 2.05) is 0 Å². The molecule has 0 rings (SSSR count). The van der Waals surface area contributed by atoms with Crippen molar-refractivity contribution >= 4 is 23.8 Å². The first-order valence-corrected chi connectivity index (χ1v) is 6.16. The molecular formula is C12H20N2O6. The van der Waals surface area contributed by atoms with E-state index >= 15 is 0 Å². The first-order chi connectivity index (χ1) is 9.27. The average Bonchev–Trinajstić information content (AvgIpc) is 2.35. The van der Waals surface area contributed by atoms with Crippen molar-refractivity contribution in [3.05, 3.63) is 0 Å². The van der Waals surface area contributed by atoms with Gasteiger partial charge in [0.1, 0.15) is 6.04 Å². The van der Waals surface area contributed by atoms with Crippen molar-refractivity contribution < 1.29 is 28.7 Å². The van der Waals surface area contributed by atoms with Gasteiger partial charge >= 0.3 is 11.9 Å². The van der Waals surface area contributed by atoms with Crippen LogP contribution < -0.4 is 11.1 Å². The number of nitrogens with two attached hydrogens (primary N) is 1. The van der Waals surface area contributed by atoms with Crippen LogP contribution in [0.3, 0.4) is 0 Å². The Kier molecular flexibility index (Phi) is 7.95. The number of hydrogen-bond donors (Lipinski definition) is 2. The molecule has 0 bridgehead atoms. The maximum Gasteiger partial charge on any atom is 0.308 e. The molecule has 0 saturated heterocycles. The molecule has 8 nitrogen and oxygen atoms in total. The molecule has 0 aromatic carbocycles. The largest absolute Gasteiger partial charge is 0.466 e. The third-order valence-corrected chi connectivity index (χ3v) is 2.36. The van der Waals surface area contributed by atoms with E-state index in [1.165, 1.54) is 0 Å². The molecule has 20 heavy (non-hydrogen) atoms. The number of ether oxygens (including phenoxy) is 2. The molecule has 0 saturated carbocycles. The minimum absolute atomic E-state index is 0.0139. The van der Waals surface area contributed by atoms with Crippen LogP contribution in [0.15, 0.2) is 0 Å². The standard InChI is InChI=1S/C12H20N2O6/c1-4-19-12(18)7(2)5-9(11(13)17)14-10(16)6-20-8(3)15/h7,9H,4-6H2,1-3H3,(H2,13,17)(H,14,16)/t7-,9-/m1/s1. The molecule has 0 spiro atoms. The Morgan fingerprint density at radius 3 is 2.25 bits per heavy atom. The van der Waals surface area contributed by atoms with Crippen molar-refractivity contribution in [3.63, 3.8) is 0 Å². The van der Waals surface area contributed by atoms with Gasteiger partial charge in [-0.1, -0.05) is 6.92 Å². The molecule has 0 aliphatic rings. The van der Waals surface area contributed by atoms with Gasteiger partial charge in [-0.2, -0.15) is 0 Å². The third kappa shape index (κ3) is 7.34. The normalized spacial score (nSPS) is 12.9. The molecule has 0 fully saturated rings. The number of hydrogen-bond acceptors (Lipinski definition) is 6. The highest BCUT2D eigenvalue weighted by Gasteiger charge is 2.25. The topological polar surface area (TPSA) is 125 Å². The number of rotatable bonds is 8. The fourth-order valence-corrected chi connectivity index (χ4v) is 1.38. The lowest BCUT2D eigenvalue weighted by molar-refractivity contribution is -0.148. The molecule has 3 N–H and O–H groups in total. The molecule has 0 aliphatic heterocycles. The van der Waals surface area contributed by atoms with Gasteiger partial charge in [0.15, 0.2) is 6.61 Å². The van der Waals surface area contributed by atoms with Gasteiger partial charge in [-0.3, -0.25) is 19.2 Å². The van der Waals surface area contributed by atoms with E-state index < -0.39 is 42.3 Å². The van der Waals surface area contributed by atoms with Crippen molar-refractivity contribution in [3.8, 4) is 0 Å². The minimum Gasteiger partial charge on any atom is -0.466 e. The second-order valence-electron chi connectivity index (χ2n) is 4.19. The zero-order valence-electron chi connectivity index (χ0n) is 11.8. The minimum atomic E-state index is -1.03. The zero-order chi connectivity index (χ0) is 15.7. The van der Waals surface area contributed by atoms with Crippen molar-refractivity contribution in [1.29, 1.82) is 0 Å². The number of carbonyl (C=O) groups is 4. The molecule has 0 unspecified atom stereocenters. The summed E-state index contributed by atoms with van der Waals surface area (Å²) in [5, 5.41) is 2.30. The van der Waals surface area contributed by atoms with Gasteiger partial charge in [0.05, 0.1) is 12.5 Å². The summed E-state index contributed by atoms with van der Waals surface area (Å²) in [6, 6.07) is -1.03. The Bertz CT molecular complexity index is 382. The molecule has 8 heteroatoms. The van der Waals surface area contributed by atoms with Gasteiger partial charge in [0.25, 0.3) is 5.91 Å². The Hall–Kier alpha value is -2.12. The molecule has 0 radical (unpaired) electrons. The zero-order valence-corrected chi connectivity index (χ0v) is 11.8. The van der Waals surface area contributed by atoms with Crippen molar-refractivity contribution in [1.82, 2.24) is 5.32 Å². The fraction of sp³-hybridized carbons (Fsp3) is 0.667. The molecule has 0 aromatic rings. The maximum atomic E-state index is 11.4. The number of carbonyl (C=O) groups excluding carboxylic acids is 4. The molecule has 2 amide bonds. The lowest BCUT2D eigenvalue weighted by Crippen LogP contribution is -2.47. The van der Waals surface area contributed by atoms with Crippen LogP contribution in [0.25, 0.3) is 0 Å². The molecule has 0 aliphatic carbocycles. The summed E-state index contributed by atoms with van der Waals surface area (Å²) in [5.41, 5.74) is 5.15. The molecular weight excluding hydrogens is 268 g/mol. The summed E-state index contributed by atoms with van der Waals surface area (Å²) in [6.45, 7) is 4.10. The molecule has 114 valence electrons. The van der Waals surface area contributed by atoms with E-state index in [2.05, 4.69) is 10.1 Å². The predicted octanol–water partition coefficient (Wildman–Crippen LogP) is -0.891. The average molecular weight is 288 g/mol. The van der Waals surface area contributed by atoms with Crippen LogP contribution in [0.5, 0.6) is 0 Å². The molecule has 0 heterocycles. The summed E-state index contributed by atoms with van der Waals surface area (Å²) < 4.78 is 9.28. The van der Waals surface area contributed by atoms with E-state index in [9.17, 15) is 19.2 Å². The monoisotopic (exact) mass is 288 g/mol. The fourth-order valence-electron chi connectivity index (χ4n) is 1.38. The van der Waals surface area contributed by atoms with Crippen LogP contribution in [-0.4, -0.2) is 43.0 Å². The van der Waals surface area contributed by atoms with Crippen molar-refractivity contribution in [2.45, 2.75) is 33.2 Å². The number of nitrogens with one attached hydrogen (secondary N) is 1. The van der Waals surface area contributed by atoms with E-state index in [-0.39, 0.29) is 13.0 Å². The Morgan fingerprint density at radius 1 is 1.20 bits per heavy atom. The smallest absolute Gasteiger partial charge is 0.308 e. The summed E-state index contributed by atoms with van der Waals surface area (Å²) in [4.78, 5) is 44.7. The highest BCUT2D eigenvalue weighted by atomic mass is 16.5. The van der Waals surface area contributed by atoms with Crippen molar-refractivity contribution in [2.24, 2.45) is 11.7 Å². The van der Waals surface area contributed by atoms with Crippen LogP contribution >= 0.6 is 0 Å². The molecule has 0 aromatic heterocycles. The highest BCUT2D eigenvalue weighted by Crippen LogP contribution is 2.08. The first-order valence-electron chi connectivity index (χ1n) is 6.16. The predicted molar refractivity (Wildman–Crippen MR) is 68.2 cm³/mol. The van der Waals surface area contributed by atoms with E-state index in [0.29, 0.717) is 0 Å². The van der Waals surface area contributed by atoms with Gasteiger partial charge in [-0.25, -0.2) is 0 Å². The Balaban J connectivity index is 4.43. The summed E-state index contributed by atoms with van der Waals surface area (Å²) in [6.07, 6.45) is 0.0139. The lowest BCUT2D eigenvalue weighted by atomic mass is 10.0. The van der Waals surface area contributed by atoms with E-state index in [1.54, 1.807) is 13.8 Å². The lowest BCUT2D eigenvalue weighted by Gasteiger charge is -2.18. The number of esters is 2. The maximum absolute atomic E-state index is 11.4. The van der Waals surface area contributed by atoms with E-state index in [4.69, 9.17) is 10.5 Å². The van der Waals surface area contributed by atoms with E-state index in [0.717, 1.165) is 6.92 Å².